The zero-order valence-electron chi connectivity index (χ0n) is 16.5. The average molecular weight is 435 g/mol. The van der Waals surface area contributed by atoms with Crippen LogP contribution in [0.25, 0.3) is 0 Å². The van der Waals surface area contributed by atoms with Gasteiger partial charge in [-0.1, -0.05) is 30.5 Å². The van der Waals surface area contributed by atoms with Gasteiger partial charge in [0.1, 0.15) is 17.2 Å². The molecule has 0 atom stereocenters. The van der Waals surface area contributed by atoms with Gasteiger partial charge >= 0.3 is 6.18 Å². The molecule has 1 aromatic carbocycles. The molecule has 2 fully saturated rings. The summed E-state index contributed by atoms with van der Waals surface area (Å²) in [5, 5.41) is 0. The molecule has 0 spiro atoms. The van der Waals surface area contributed by atoms with Crippen molar-refractivity contribution in [1.29, 1.82) is 0 Å². The predicted molar refractivity (Wildman–Crippen MR) is 106 cm³/mol. The van der Waals surface area contributed by atoms with E-state index in [2.05, 4.69) is 6.08 Å². The van der Waals surface area contributed by atoms with Crippen LogP contribution in [-0.4, -0.2) is 0 Å². The molecule has 29 heavy (non-hydrogen) atoms. The summed E-state index contributed by atoms with van der Waals surface area (Å²) in [5.74, 6) is -0.395. The summed E-state index contributed by atoms with van der Waals surface area (Å²) in [7, 11) is 0. The van der Waals surface area contributed by atoms with Crippen molar-refractivity contribution in [2.75, 3.05) is 0 Å². The molecular weight excluding hydrogens is 407 g/mol. The Morgan fingerprint density at radius 1 is 0.862 bits per heavy atom. The van der Waals surface area contributed by atoms with E-state index in [0.29, 0.717) is 23.8 Å². The highest BCUT2D eigenvalue weighted by Gasteiger charge is 2.38. The summed E-state index contributed by atoms with van der Waals surface area (Å²) in [6.07, 6.45) is 7.75. The summed E-state index contributed by atoms with van der Waals surface area (Å²) in [5.41, 5.74) is 0.142. The van der Waals surface area contributed by atoms with Gasteiger partial charge < -0.3 is 0 Å². The first-order valence-corrected chi connectivity index (χ1v) is 11.0. The van der Waals surface area contributed by atoms with Crippen molar-refractivity contribution in [1.82, 2.24) is 0 Å². The second-order valence-electron chi connectivity index (χ2n) is 8.75. The maximum atomic E-state index is 13.7. The Morgan fingerprint density at radius 3 is 1.86 bits per heavy atom. The molecule has 0 aromatic heterocycles. The van der Waals surface area contributed by atoms with Crippen LogP contribution < -0.4 is 0 Å². The van der Waals surface area contributed by atoms with E-state index in [4.69, 9.17) is 11.6 Å². The minimum Gasteiger partial charge on any atom is -0.206 e. The van der Waals surface area contributed by atoms with Crippen LogP contribution in [0.5, 0.6) is 0 Å². The van der Waals surface area contributed by atoms with E-state index in [9.17, 15) is 22.0 Å². The van der Waals surface area contributed by atoms with Crippen LogP contribution in [-0.2, 0) is 12.6 Å². The highest BCUT2D eigenvalue weighted by atomic mass is 35.5. The minimum absolute atomic E-state index is 0.306. The first-order chi connectivity index (χ1) is 13.8. The summed E-state index contributed by atoms with van der Waals surface area (Å²) in [4.78, 5) is 0. The third kappa shape index (κ3) is 5.96. The normalized spacial score (nSPS) is 28.8. The Morgan fingerprint density at radius 2 is 1.38 bits per heavy atom. The van der Waals surface area contributed by atoms with Gasteiger partial charge in [0, 0.05) is 5.54 Å². The standard InChI is InChI=1S/C23H28ClF5/c24-12-11-16-5-9-19(10-6-16)18-7-3-15(4-8-18)1-2-17-13-20(25)22(21(26)14-17)23(27,28)29/h11-16,18-19H,1-10H2/b12-11+. The van der Waals surface area contributed by atoms with E-state index in [1.54, 1.807) is 5.54 Å². The van der Waals surface area contributed by atoms with Gasteiger partial charge in [0.2, 0.25) is 0 Å². The van der Waals surface area contributed by atoms with Crippen molar-refractivity contribution < 1.29 is 22.0 Å². The molecule has 3 rings (SSSR count). The van der Waals surface area contributed by atoms with Gasteiger partial charge in [0.25, 0.3) is 0 Å². The Labute approximate surface area is 174 Å². The molecule has 0 nitrogen and oxygen atoms in total. The summed E-state index contributed by atoms with van der Waals surface area (Å²) in [6.45, 7) is 0. The SMILES string of the molecule is Fc1cc(CCC2CCC(C3CCC(/C=C/Cl)CC3)CC2)cc(F)c1C(F)(F)F. The molecule has 2 saturated carbocycles. The number of aryl methyl sites for hydroxylation is 1. The fraction of sp³-hybridized carbons (Fsp3) is 0.652. The van der Waals surface area contributed by atoms with Crippen molar-refractivity contribution in [3.8, 4) is 0 Å². The fourth-order valence-corrected chi connectivity index (χ4v) is 5.48. The van der Waals surface area contributed by atoms with Crippen LogP contribution in [0.4, 0.5) is 22.0 Å². The number of allylic oxidation sites excluding steroid dienone is 1. The van der Waals surface area contributed by atoms with E-state index in [1.807, 2.05) is 0 Å². The maximum Gasteiger partial charge on any atom is 0.422 e. The first kappa shape index (κ1) is 22.6. The molecule has 6 heteroatoms. The molecule has 0 bridgehead atoms. The van der Waals surface area contributed by atoms with E-state index in [0.717, 1.165) is 43.2 Å². The van der Waals surface area contributed by atoms with E-state index in [-0.39, 0.29) is 0 Å². The number of rotatable bonds is 5. The Balaban J connectivity index is 1.46. The van der Waals surface area contributed by atoms with Crippen molar-refractivity contribution in [3.05, 3.63) is 46.5 Å². The van der Waals surface area contributed by atoms with Crippen LogP contribution >= 0.6 is 11.6 Å². The lowest BCUT2D eigenvalue weighted by molar-refractivity contribution is -0.142. The molecule has 2 aliphatic carbocycles. The van der Waals surface area contributed by atoms with Crippen molar-refractivity contribution in [2.45, 2.75) is 70.4 Å². The average Bonchev–Trinajstić information content (AvgIpc) is 2.66. The van der Waals surface area contributed by atoms with E-state index < -0.39 is 23.4 Å². The van der Waals surface area contributed by atoms with Crippen molar-refractivity contribution >= 4 is 11.6 Å². The minimum atomic E-state index is -5.01. The fourth-order valence-electron chi connectivity index (χ4n) is 5.27. The van der Waals surface area contributed by atoms with Gasteiger partial charge in [0.05, 0.1) is 0 Å². The number of benzene rings is 1. The molecular formula is C23H28ClF5. The van der Waals surface area contributed by atoms with Crippen LogP contribution in [0.3, 0.4) is 0 Å². The van der Waals surface area contributed by atoms with Gasteiger partial charge in [-0.3, -0.25) is 0 Å². The molecule has 0 unspecified atom stereocenters. The second-order valence-corrected chi connectivity index (χ2v) is 9.00. The maximum absolute atomic E-state index is 13.7. The molecule has 0 aliphatic heterocycles. The lowest BCUT2D eigenvalue weighted by atomic mass is 9.68. The molecule has 2 aliphatic rings. The molecule has 0 saturated heterocycles. The van der Waals surface area contributed by atoms with Crippen molar-refractivity contribution in [2.24, 2.45) is 23.7 Å². The van der Waals surface area contributed by atoms with Crippen LogP contribution in [0.1, 0.15) is 68.9 Å². The molecule has 0 N–H and O–H groups in total. The van der Waals surface area contributed by atoms with Gasteiger partial charge in [-0.15, -0.1) is 0 Å². The Kier molecular flexibility index (Phi) is 7.63. The predicted octanol–water partition coefficient (Wildman–Crippen LogP) is 8.28. The van der Waals surface area contributed by atoms with Gasteiger partial charge in [-0.2, -0.15) is 13.2 Å². The topological polar surface area (TPSA) is 0 Å². The molecule has 1 aromatic rings. The zero-order valence-corrected chi connectivity index (χ0v) is 17.2. The lowest BCUT2D eigenvalue weighted by Crippen LogP contribution is -2.25. The Bertz CT molecular complexity index is 673. The first-order valence-electron chi connectivity index (χ1n) is 10.6. The van der Waals surface area contributed by atoms with Gasteiger partial charge in [-0.25, -0.2) is 8.78 Å². The highest BCUT2D eigenvalue weighted by Crippen LogP contribution is 2.42. The molecule has 0 heterocycles. The van der Waals surface area contributed by atoms with Crippen LogP contribution in [0.2, 0.25) is 0 Å². The molecule has 0 amide bonds. The monoisotopic (exact) mass is 434 g/mol. The molecule has 162 valence electrons. The largest absolute Gasteiger partial charge is 0.422 e. The molecule has 0 radical (unpaired) electrons. The summed E-state index contributed by atoms with van der Waals surface area (Å²) >= 11 is 5.68. The zero-order chi connectivity index (χ0) is 21.0. The highest BCUT2D eigenvalue weighted by molar-refractivity contribution is 6.25. The number of hydrogen-bond donors (Lipinski definition) is 0. The van der Waals surface area contributed by atoms with Crippen LogP contribution in [0, 0.1) is 35.3 Å². The van der Waals surface area contributed by atoms with Gasteiger partial charge in [-0.05, 0) is 92.7 Å². The summed E-state index contributed by atoms with van der Waals surface area (Å²) < 4.78 is 65.5. The number of hydrogen-bond acceptors (Lipinski definition) is 0. The lowest BCUT2D eigenvalue weighted by Gasteiger charge is -2.37. The Hall–Kier alpha value is -1.10. The van der Waals surface area contributed by atoms with E-state index >= 15 is 0 Å². The van der Waals surface area contributed by atoms with Gasteiger partial charge in [0.15, 0.2) is 0 Å². The number of halogens is 6. The quantitative estimate of drug-likeness (QED) is 0.409. The van der Waals surface area contributed by atoms with E-state index in [1.165, 1.54) is 38.5 Å². The second kappa shape index (κ2) is 9.80. The summed E-state index contributed by atoms with van der Waals surface area (Å²) in [6, 6.07) is 1.68. The smallest absolute Gasteiger partial charge is 0.206 e. The van der Waals surface area contributed by atoms with Crippen molar-refractivity contribution in [3.63, 3.8) is 0 Å². The number of alkyl halides is 3. The third-order valence-corrected chi connectivity index (χ3v) is 7.09. The third-order valence-electron chi connectivity index (χ3n) is 6.95. The van der Waals surface area contributed by atoms with Crippen LogP contribution in [0.15, 0.2) is 23.7 Å².